The molecule has 33 heavy (non-hydrogen) atoms. The van der Waals surface area contributed by atoms with Crippen LogP contribution < -0.4 is 20.5 Å². The molecule has 0 amide bonds. The number of anilines is 3. The molecule has 0 radical (unpaired) electrons. The molecule has 168 valence electrons. The van der Waals surface area contributed by atoms with Crippen LogP contribution in [0.1, 0.15) is 21.9 Å². The van der Waals surface area contributed by atoms with Crippen molar-refractivity contribution >= 4 is 23.6 Å². The monoisotopic (exact) mass is 447 g/mol. The van der Waals surface area contributed by atoms with Gasteiger partial charge in [-0.05, 0) is 30.3 Å². The van der Waals surface area contributed by atoms with Crippen LogP contribution in [0.5, 0.6) is 11.5 Å². The summed E-state index contributed by atoms with van der Waals surface area (Å²) in [5.74, 6) is 0.977. The Morgan fingerprint density at radius 3 is 2.61 bits per heavy atom. The van der Waals surface area contributed by atoms with E-state index in [1.807, 2.05) is 42.5 Å². The average Bonchev–Trinajstić information content (AvgIpc) is 3.31. The van der Waals surface area contributed by atoms with Crippen LogP contribution in [0.25, 0.3) is 0 Å². The second kappa shape index (κ2) is 10.1. The van der Waals surface area contributed by atoms with Crippen molar-refractivity contribution in [3.8, 4) is 11.5 Å². The van der Waals surface area contributed by atoms with E-state index in [9.17, 15) is 4.79 Å². The number of nitrogens with two attached hydrogens (primary N) is 1. The molecule has 0 saturated heterocycles. The van der Waals surface area contributed by atoms with Gasteiger partial charge in [-0.25, -0.2) is 4.79 Å². The molecule has 2 aromatic heterocycles. The Morgan fingerprint density at radius 2 is 1.79 bits per heavy atom. The van der Waals surface area contributed by atoms with Gasteiger partial charge in [0.05, 0.1) is 19.1 Å². The molecule has 10 heteroatoms. The first-order chi connectivity index (χ1) is 16.1. The maximum absolute atomic E-state index is 12.5. The first-order valence-corrected chi connectivity index (χ1v) is 9.94. The Labute approximate surface area is 189 Å². The van der Waals surface area contributed by atoms with Crippen molar-refractivity contribution in [1.82, 2.24) is 15.0 Å². The lowest BCUT2D eigenvalue weighted by Gasteiger charge is -2.11. The van der Waals surface area contributed by atoms with Crippen LogP contribution in [0.15, 0.2) is 71.3 Å². The third kappa shape index (κ3) is 5.56. The van der Waals surface area contributed by atoms with Gasteiger partial charge >= 0.3 is 5.97 Å². The highest BCUT2D eigenvalue weighted by Gasteiger charge is 2.19. The fourth-order valence-electron chi connectivity index (χ4n) is 2.93. The van der Waals surface area contributed by atoms with Gasteiger partial charge in [0, 0.05) is 5.56 Å². The Kier molecular flexibility index (Phi) is 6.64. The third-order valence-corrected chi connectivity index (χ3v) is 4.45. The van der Waals surface area contributed by atoms with E-state index in [0.717, 1.165) is 0 Å². The van der Waals surface area contributed by atoms with Crippen molar-refractivity contribution in [2.75, 3.05) is 18.2 Å². The van der Waals surface area contributed by atoms with Gasteiger partial charge in [0.2, 0.25) is 17.7 Å². The van der Waals surface area contributed by atoms with Gasteiger partial charge in [-0.2, -0.15) is 15.0 Å². The summed E-state index contributed by atoms with van der Waals surface area (Å²) in [6.45, 7) is -0.0809. The van der Waals surface area contributed by atoms with Crippen molar-refractivity contribution in [2.45, 2.75) is 13.2 Å². The Hall–Kier alpha value is -4.60. The number of ether oxygens (including phenoxy) is 3. The van der Waals surface area contributed by atoms with E-state index in [-0.39, 0.29) is 36.7 Å². The Bertz CT molecular complexity index is 1230. The van der Waals surface area contributed by atoms with Gasteiger partial charge in [0.1, 0.15) is 18.1 Å². The summed E-state index contributed by atoms with van der Waals surface area (Å²) in [5, 5.41) is 3.02. The van der Waals surface area contributed by atoms with E-state index in [2.05, 4.69) is 20.3 Å². The summed E-state index contributed by atoms with van der Waals surface area (Å²) in [6, 6.07) is 18.2. The first-order valence-electron chi connectivity index (χ1n) is 9.94. The molecule has 4 rings (SSSR count). The van der Waals surface area contributed by atoms with E-state index >= 15 is 0 Å². The summed E-state index contributed by atoms with van der Waals surface area (Å²) >= 11 is 0. The van der Waals surface area contributed by atoms with E-state index in [0.29, 0.717) is 22.7 Å². The number of aromatic nitrogens is 3. The van der Waals surface area contributed by atoms with Crippen molar-refractivity contribution < 1.29 is 23.4 Å². The highest BCUT2D eigenvalue weighted by molar-refractivity contribution is 5.87. The minimum Gasteiger partial charge on any atom is -0.495 e. The molecular formula is C23H21N5O5. The molecule has 0 fully saturated rings. The van der Waals surface area contributed by atoms with E-state index in [4.69, 9.17) is 24.4 Å². The Morgan fingerprint density at radius 1 is 1.00 bits per heavy atom. The van der Waals surface area contributed by atoms with Crippen LogP contribution in [-0.4, -0.2) is 28.0 Å². The second-order valence-corrected chi connectivity index (χ2v) is 6.71. The fourth-order valence-corrected chi connectivity index (χ4v) is 2.93. The maximum atomic E-state index is 12.5. The lowest BCUT2D eigenvalue weighted by atomic mass is 10.2. The van der Waals surface area contributed by atoms with Crippen LogP contribution in [0.2, 0.25) is 0 Å². The normalized spacial score (nSPS) is 10.5. The Balaban J connectivity index is 1.40. The molecule has 0 aliphatic heterocycles. The second-order valence-electron chi connectivity index (χ2n) is 6.71. The van der Waals surface area contributed by atoms with Crippen LogP contribution in [0.3, 0.4) is 0 Å². The number of para-hydroxylation sites is 3. The standard InChI is InChI=1S/C23H21N5O5/c1-30-18-10-6-5-9-17(18)25-23-27-19(26-22(24)28-23)14-33-21(29)20-15(11-12-31-20)13-32-16-7-3-2-4-8-16/h2-12H,13-14H2,1H3,(H3,24,25,26,27,28). The quantitative estimate of drug-likeness (QED) is 0.365. The molecule has 10 nitrogen and oxygen atoms in total. The molecule has 0 aliphatic rings. The predicted octanol–water partition coefficient (Wildman–Crippen LogP) is 3.74. The summed E-state index contributed by atoms with van der Waals surface area (Å²) in [7, 11) is 1.56. The number of rotatable bonds is 9. The number of hydrogen-bond acceptors (Lipinski definition) is 10. The van der Waals surface area contributed by atoms with E-state index < -0.39 is 5.97 Å². The number of methoxy groups -OCH3 is 1. The zero-order valence-electron chi connectivity index (χ0n) is 17.7. The maximum Gasteiger partial charge on any atom is 0.375 e. The van der Waals surface area contributed by atoms with Crippen molar-refractivity contribution in [1.29, 1.82) is 0 Å². The molecule has 4 aromatic rings. The van der Waals surface area contributed by atoms with Crippen LogP contribution in [0.4, 0.5) is 17.6 Å². The zero-order valence-corrected chi connectivity index (χ0v) is 17.7. The number of benzene rings is 2. The van der Waals surface area contributed by atoms with Gasteiger partial charge in [0.25, 0.3) is 0 Å². The summed E-state index contributed by atoms with van der Waals surface area (Å²) < 4.78 is 21.6. The molecule has 3 N–H and O–H groups in total. The minimum atomic E-state index is -0.676. The van der Waals surface area contributed by atoms with Crippen LogP contribution in [0, 0.1) is 0 Å². The molecule has 0 bridgehead atoms. The number of hydrogen-bond donors (Lipinski definition) is 2. The third-order valence-electron chi connectivity index (χ3n) is 4.45. The van der Waals surface area contributed by atoms with E-state index in [1.54, 1.807) is 25.3 Å². The number of esters is 1. The highest BCUT2D eigenvalue weighted by Crippen LogP contribution is 2.25. The van der Waals surface area contributed by atoms with Crippen LogP contribution >= 0.6 is 0 Å². The largest absolute Gasteiger partial charge is 0.495 e. The number of nitrogen functional groups attached to an aromatic ring is 1. The molecule has 0 atom stereocenters. The number of carbonyl (C=O) groups is 1. The number of furan rings is 1. The van der Waals surface area contributed by atoms with Crippen LogP contribution in [-0.2, 0) is 18.0 Å². The van der Waals surface area contributed by atoms with Crippen molar-refractivity contribution in [3.63, 3.8) is 0 Å². The van der Waals surface area contributed by atoms with Gasteiger partial charge in [-0.3, -0.25) is 0 Å². The fraction of sp³-hybridized carbons (Fsp3) is 0.130. The number of nitrogens with zero attached hydrogens (tertiary/aromatic N) is 3. The predicted molar refractivity (Wildman–Crippen MR) is 119 cm³/mol. The first kappa shape index (κ1) is 21.6. The molecule has 0 saturated carbocycles. The molecule has 2 aromatic carbocycles. The van der Waals surface area contributed by atoms with Crippen molar-refractivity contribution in [2.24, 2.45) is 0 Å². The van der Waals surface area contributed by atoms with Gasteiger partial charge in [-0.15, -0.1) is 0 Å². The lowest BCUT2D eigenvalue weighted by Crippen LogP contribution is -2.12. The summed E-state index contributed by atoms with van der Waals surface area (Å²) in [4.78, 5) is 24.9. The van der Waals surface area contributed by atoms with Gasteiger partial charge < -0.3 is 29.7 Å². The number of nitrogens with one attached hydrogen (secondary N) is 1. The molecule has 0 unspecified atom stereocenters. The molecule has 0 aliphatic carbocycles. The topological polar surface area (TPSA) is 135 Å². The SMILES string of the molecule is COc1ccccc1Nc1nc(N)nc(COC(=O)c2occc2COc2ccccc2)n1. The average molecular weight is 447 g/mol. The lowest BCUT2D eigenvalue weighted by molar-refractivity contribution is 0.0421. The highest BCUT2D eigenvalue weighted by atomic mass is 16.5. The number of carbonyl (C=O) groups excluding carboxylic acids is 1. The van der Waals surface area contributed by atoms with Gasteiger partial charge in [0.15, 0.2) is 12.4 Å². The molecular weight excluding hydrogens is 426 g/mol. The molecule has 0 spiro atoms. The molecule has 2 heterocycles. The summed E-state index contributed by atoms with van der Waals surface area (Å²) in [5.41, 5.74) is 6.99. The van der Waals surface area contributed by atoms with Gasteiger partial charge in [-0.1, -0.05) is 30.3 Å². The van der Waals surface area contributed by atoms with E-state index in [1.165, 1.54) is 6.26 Å². The zero-order chi connectivity index (χ0) is 23.0. The summed E-state index contributed by atoms with van der Waals surface area (Å²) in [6.07, 6.45) is 1.40. The van der Waals surface area contributed by atoms with Crippen molar-refractivity contribution in [3.05, 3.63) is 84.1 Å². The minimum absolute atomic E-state index is 0.0246. The smallest absolute Gasteiger partial charge is 0.375 e.